The maximum atomic E-state index is 12.0. The molecule has 0 aliphatic rings. The summed E-state index contributed by atoms with van der Waals surface area (Å²) in [4.78, 5) is 20.8. The molecule has 1 N–H and O–H groups in total. The second-order valence-electron chi connectivity index (χ2n) is 5.70. The number of aromatic nitrogens is 4. The Bertz CT molecular complexity index is 933. The summed E-state index contributed by atoms with van der Waals surface area (Å²) >= 11 is 0. The van der Waals surface area contributed by atoms with E-state index in [-0.39, 0.29) is 12.2 Å². The molecule has 0 spiro atoms. The predicted molar refractivity (Wildman–Crippen MR) is 93.5 cm³/mol. The lowest BCUT2D eigenvalue weighted by Crippen LogP contribution is -2.11. The first kappa shape index (κ1) is 17.0. The molecule has 3 heterocycles. The first-order valence-corrected chi connectivity index (χ1v) is 8.18. The molecule has 7 heteroatoms. The van der Waals surface area contributed by atoms with Crippen LogP contribution >= 0.6 is 0 Å². The van der Waals surface area contributed by atoms with Crippen molar-refractivity contribution in [2.75, 3.05) is 6.61 Å². The van der Waals surface area contributed by atoms with Crippen molar-refractivity contribution in [1.82, 2.24) is 19.7 Å². The van der Waals surface area contributed by atoms with Crippen LogP contribution in [0.1, 0.15) is 35.5 Å². The number of ether oxygens (including phenoxy) is 1. The molecule has 0 unspecified atom stereocenters. The van der Waals surface area contributed by atoms with Gasteiger partial charge < -0.3 is 9.84 Å². The number of aromatic carboxylic acids is 1. The zero-order valence-electron chi connectivity index (χ0n) is 14.5. The molecule has 0 saturated carbocycles. The monoisotopic (exact) mass is 340 g/mol. The van der Waals surface area contributed by atoms with Gasteiger partial charge in [0.1, 0.15) is 0 Å². The normalized spacial score (nSPS) is 11.2. The van der Waals surface area contributed by atoms with Gasteiger partial charge in [0, 0.05) is 42.1 Å². The van der Waals surface area contributed by atoms with Crippen molar-refractivity contribution in [3.8, 4) is 11.1 Å². The number of pyridine rings is 2. The highest BCUT2D eigenvalue weighted by molar-refractivity contribution is 6.06. The molecule has 3 aromatic rings. The van der Waals surface area contributed by atoms with Gasteiger partial charge in [0.15, 0.2) is 5.65 Å². The molecule has 0 bridgehead atoms. The maximum absolute atomic E-state index is 12.0. The first-order valence-electron chi connectivity index (χ1n) is 8.18. The van der Waals surface area contributed by atoms with Crippen molar-refractivity contribution < 1.29 is 14.6 Å². The van der Waals surface area contributed by atoms with Crippen LogP contribution in [0.5, 0.6) is 0 Å². The lowest BCUT2D eigenvalue weighted by atomic mass is 9.96. The van der Waals surface area contributed by atoms with E-state index in [2.05, 4.69) is 15.1 Å². The van der Waals surface area contributed by atoms with Crippen LogP contribution in [0.4, 0.5) is 0 Å². The van der Waals surface area contributed by atoms with E-state index < -0.39 is 5.97 Å². The van der Waals surface area contributed by atoms with Crippen molar-refractivity contribution in [3.63, 3.8) is 0 Å². The van der Waals surface area contributed by atoms with Gasteiger partial charge in [-0.25, -0.2) is 14.5 Å². The van der Waals surface area contributed by atoms with Gasteiger partial charge >= 0.3 is 5.97 Å². The van der Waals surface area contributed by atoms with Gasteiger partial charge in [-0.1, -0.05) is 0 Å². The van der Waals surface area contributed by atoms with Gasteiger partial charge in [0.2, 0.25) is 0 Å². The van der Waals surface area contributed by atoms with Gasteiger partial charge in [-0.15, -0.1) is 0 Å². The lowest BCUT2D eigenvalue weighted by Gasteiger charge is -2.13. The van der Waals surface area contributed by atoms with Crippen LogP contribution < -0.4 is 0 Å². The number of aryl methyl sites for hydroxylation is 2. The number of carbonyl (C=O) groups is 1. The van der Waals surface area contributed by atoms with Crippen LogP contribution in [-0.4, -0.2) is 37.4 Å². The molecule has 0 aliphatic heterocycles. The fourth-order valence-electron chi connectivity index (χ4n) is 2.89. The Hall–Kier alpha value is -2.80. The van der Waals surface area contributed by atoms with E-state index in [9.17, 15) is 9.90 Å². The summed E-state index contributed by atoms with van der Waals surface area (Å²) < 4.78 is 7.21. The third-order valence-corrected chi connectivity index (χ3v) is 3.98. The molecule has 0 amide bonds. The third kappa shape index (κ3) is 3.10. The van der Waals surface area contributed by atoms with Gasteiger partial charge in [0.05, 0.1) is 24.1 Å². The molecule has 0 aliphatic carbocycles. The SMILES string of the molecule is CCOCc1nc2c(cnn2CC)c(-c2cncc(C)c2)c1C(=O)O. The molecule has 3 rings (SSSR count). The van der Waals surface area contributed by atoms with Crippen molar-refractivity contribution in [1.29, 1.82) is 0 Å². The maximum Gasteiger partial charge on any atom is 0.338 e. The van der Waals surface area contributed by atoms with E-state index in [1.165, 1.54) is 0 Å². The first-order chi connectivity index (χ1) is 12.1. The Morgan fingerprint density at radius 3 is 2.72 bits per heavy atom. The number of nitrogens with zero attached hydrogens (tertiary/aromatic N) is 4. The van der Waals surface area contributed by atoms with E-state index in [0.717, 1.165) is 11.1 Å². The fraction of sp³-hybridized carbons (Fsp3) is 0.333. The number of carboxylic acid groups (broad SMARTS) is 1. The number of carboxylic acids is 1. The van der Waals surface area contributed by atoms with Crippen molar-refractivity contribution in [2.24, 2.45) is 0 Å². The number of rotatable bonds is 6. The summed E-state index contributed by atoms with van der Waals surface area (Å²) in [6.45, 7) is 7.01. The van der Waals surface area contributed by atoms with E-state index >= 15 is 0 Å². The molecule has 0 aromatic carbocycles. The van der Waals surface area contributed by atoms with Gasteiger partial charge in [-0.05, 0) is 32.4 Å². The minimum atomic E-state index is -1.04. The Morgan fingerprint density at radius 1 is 1.28 bits per heavy atom. The van der Waals surface area contributed by atoms with Gasteiger partial charge in [-0.2, -0.15) is 5.10 Å². The van der Waals surface area contributed by atoms with Crippen LogP contribution in [0, 0.1) is 6.92 Å². The molecule has 130 valence electrons. The molecular formula is C18H20N4O3. The molecule has 0 fully saturated rings. The average molecular weight is 340 g/mol. The van der Waals surface area contributed by atoms with Crippen LogP contribution in [0.25, 0.3) is 22.2 Å². The number of hydrogen-bond donors (Lipinski definition) is 1. The van der Waals surface area contributed by atoms with E-state index in [1.807, 2.05) is 26.8 Å². The van der Waals surface area contributed by atoms with Crippen molar-refractivity contribution >= 4 is 17.0 Å². The van der Waals surface area contributed by atoms with Gasteiger partial charge in [-0.3, -0.25) is 4.98 Å². The molecule has 0 radical (unpaired) electrons. The topological polar surface area (TPSA) is 90.1 Å². The quantitative estimate of drug-likeness (QED) is 0.742. The van der Waals surface area contributed by atoms with E-state index in [0.29, 0.717) is 35.4 Å². The summed E-state index contributed by atoms with van der Waals surface area (Å²) in [5.41, 5.74) is 3.46. The molecule has 25 heavy (non-hydrogen) atoms. The smallest absolute Gasteiger partial charge is 0.338 e. The predicted octanol–water partition coefficient (Wildman–Crippen LogP) is 3.06. The van der Waals surface area contributed by atoms with Crippen LogP contribution in [0.2, 0.25) is 0 Å². The molecule has 3 aromatic heterocycles. The van der Waals surface area contributed by atoms with Crippen LogP contribution in [-0.2, 0) is 17.9 Å². The molecule has 0 atom stereocenters. The highest BCUT2D eigenvalue weighted by Crippen LogP contribution is 2.33. The van der Waals surface area contributed by atoms with Gasteiger partial charge in [0.25, 0.3) is 0 Å². The minimum absolute atomic E-state index is 0.134. The van der Waals surface area contributed by atoms with E-state index in [4.69, 9.17) is 4.74 Å². The van der Waals surface area contributed by atoms with Crippen LogP contribution in [0.15, 0.2) is 24.7 Å². The standard InChI is InChI=1S/C18H20N4O3/c1-4-22-17-13(9-20-22)15(12-6-11(3)7-19-8-12)16(18(23)24)14(21-17)10-25-5-2/h6-9H,4-5,10H2,1-3H3,(H,23,24). The van der Waals surface area contributed by atoms with E-state index in [1.54, 1.807) is 23.3 Å². The third-order valence-electron chi connectivity index (χ3n) is 3.98. The number of hydrogen-bond acceptors (Lipinski definition) is 5. The second kappa shape index (κ2) is 6.98. The van der Waals surface area contributed by atoms with Crippen molar-refractivity contribution in [3.05, 3.63) is 41.5 Å². The fourth-order valence-corrected chi connectivity index (χ4v) is 2.89. The summed E-state index contributed by atoms with van der Waals surface area (Å²) in [7, 11) is 0. The summed E-state index contributed by atoms with van der Waals surface area (Å²) in [6, 6.07) is 1.92. The zero-order chi connectivity index (χ0) is 18.0. The highest BCUT2D eigenvalue weighted by atomic mass is 16.5. The second-order valence-corrected chi connectivity index (χ2v) is 5.70. The Labute approximate surface area is 145 Å². The average Bonchev–Trinajstić information content (AvgIpc) is 3.00. The number of fused-ring (bicyclic) bond motifs is 1. The summed E-state index contributed by atoms with van der Waals surface area (Å²) in [5.74, 6) is -1.04. The van der Waals surface area contributed by atoms with Crippen molar-refractivity contribution in [2.45, 2.75) is 33.9 Å². The lowest BCUT2D eigenvalue weighted by molar-refractivity contribution is 0.0688. The molecule has 0 saturated heterocycles. The largest absolute Gasteiger partial charge is 0.478 e. The molecular weight excluding hydrogens is 320 g/mol. The summed E-state index contributed by atoms with van der Waals surface area (Å²) in [6.07, 6.45) is 5.07. The minimum Gasteiger partial charge on any atom is -0.478 e. The Balaban J connectivity index is 2.39. The highest BCUT2D eigenvalue weighted by Gasteiger charge is 2.24. The summed E-state index contributed by atoms with van der Waals surface area (Å²) in [5, 5.41) is 14.9. The Morgan fingerprint density at radius 2 is 2.08 bits per heavy atom. The molecule has 7 nitrogen and oxygen atoms in total. The Kier molecular flexibility index (Phi) is 4.76. The zero-order valence-corrected chi connectivity index (χ0v) is 14.5. The van der Waals surface area contributed by atoms with Crippen LogP contribution in [0.3, 0.4) is 0 Å².